The van der Waals surface area contributed by atoms with Crippen LogP contribution in [0.1, 0.15) is 58.8 Å². The first-order chi connectivity index (χ1) is 11.8. The Balaban J connectivity index is 1.69. The summed E-state index contributed by atoms with van der Waals surface area (Å²) in [6.45, 7) is 4.55. The molecule has 2 aromatic rings. The standard InChI is InChI=1S/C22H32N2/c1-3-4-5-6-7-9-12-19(2)23-21-15-17-22(18-16-21)24-20-13-10-8-11-14-20/h8,10-11,13-19,23-24H,3-7,9,12H2,1-2H3. The van der Waals surface area contributed by atoms with Crippen LogP contribution in [0.15, 0.2) is 54.6 Å². The Labute approximate surface area is 147 Å². The van der Waals surface area contributed by atoms with Crippen LogP contribution in [0.2, 0.25) is 0 Å². The van der Waals surface area contributed by atoms with Crippen LogP contribution in [0.25, 0.3) is 0 Å². The molecule has 130 valence electrons. The van der Waals surface area contributed by atoms with Gasteiger partial charge in [-0.05, 0) is 49.7 Å². The summed E-state index contributed by atoms with van der Waals surface area (Å²) >= 11 is 0. The van der Waals surface area contributed by atoms with Crippen molar-refractivity contribution in [2.75, 3.05) is 10.6 Å². The molecule has 1 unspecified atom stereocenters. The van der Waals surface area contributed by atoms with Gasteiger partial charge in [-0.15, -0.1) is 0 Å². The summed E-state index contributed by atoms with van der Waals surface area (Å²) in [7, 11) is 0. The van der Waals surface area contributed by atoms with E-state index in [-0.39, 0.29) is 0 Å². The quantitative estimate of drug-likeness (QED) is 0.436. The molecule has 0 aromatic heterocycles. The summed E-state index contributed by atoms with van der Waals surface area (Å²) in [5.41, 5.74) is 3.44. The number of nitrogens with one attached hydrogen (secondary N) is 2. The van der Waals surface area contributed by atoms with Crippen molar-refractivity contribution in [3.05, 3.63) is 54.6 Å². The van der Waals surface area contributed by atoms with Gasteiger partial charge in [0.25, 0.3) is 0 Å². The van der Waals surface area contributed by atoms with Crippen molar-refractivity contribution in [1.29, 1.82) is 0 Å². The van der Waals surface area contributed by atoms with Crippen molar-refractivity contribution >= 4 is 17.1 Å². The van der Waals surface area contributed by atoms with Gasteiger partial charge < -0.3 is 10.6 Å². The fourth-order valence-corrected chi connectivity index (χ4v) is 2.93. The van der Waals surface area contributed by atoms with Crippen LogP contribution < -0.4 is 10.6 Å². The van der Waals surface area contributed by atoms with E-state index in [1.165, 1.54) is 50.6 Å². The van der Waals surface area contributed by atoms with Crippen LogP contribution in [0.4, 0.5) is 17.1 Å². The lowest BCUT2D eigenvalue weighted by atomic mass is 10.1. The van der Waals surface area contributed by atoms with E-state index in [4.69, 9.17) is 0 Å². The van der Waals surface area contributed by atoms with E-state index in [0.29, 0.717) is 6.04 Å². The Morgan fingerprint density at radius 2 is 1.29 bits per heavy atom. The van der Waals surface area contributed by atoms with Crippen LogP contribution in [0.5, 0.6) is 0 Å². The zero-order chi connectivity index (χ0) is 17.0. The third-order valence-electron chi connectivity index (χ3n) is 4.35. The SMILES string of the molecule is CCCCCCCCC(C)Nc1ccc(Nc2ccccc2)cc1. The molecule has 0 aliphatic carbocycles. The molecule has 0 spiro atoms. The smallest absolute Gasteiger partial charge is 0.0385 e. The Bertz CT molecular complexity index is 548. The molecule has 2 nitrogen and oxygen atoms in total. The average molecular weight is 325 g/mol. The first-order valence-corrected chi connectivity index (χ1v) is 9.46. The van der Waals surface area contributed by atoms with Crippen LogP contribution >= 0.6 is 0 Å². The second-order valence-electron chi connectivity index (χ2n) is 6.67. The second-order valence-corrected chi connectivity index (χ2v) is 6.67. The molecule has 2 N–H and O–H groups in total. The van der Waals surface area contributed by atoms with E-state index < -0.39 is 0 Å². The van der Waals surface area contributed by atoms with E-state index in [2.05, 4.69) is 60.9 Å². The predicted molar refractivity (Wildman–Crippen MR) is 107 cm³/mol. The lowest BCUT2D eigenvalue weighted by Gasteiger charge is -2.16. The number of hydrogen-bond donors (Lipinski definition) is 2. The molecule has 0 aliphatic rings. The monoisotopic (exact) mass is 324 g/mol. The van der Waals surface area contributed by atoms with Gasteiger partial charge in [0.1, 0.15) is 0 Å². The van der Waals surface area contributed by atoms with E-state index in [1.807, 2.05) is 18.2 Å². The first kappa shape index (κ1) is 18.4. The largest absolute Gasteiger partial charge is 0.383 e. The van der Waals surface area contributed by atoms with Gasteiger partial charge >= 0.3 is 0 Å². The van der Waals surface area contributed by atoms with Crippen molar-refractivity contribution in [1.82, 2.24) is 0 Å². The molecule has 1 atom stereocenters. The molecule has 0 fully saturated rings. The van der Waals surface area contributed by atoms with E-state index in [1.54, 1.807) is 0 Å². The summed E-state index contributed by atoms with van der Waals surface area (Å²) < 4.78 is 0. The summed E-state index contributed by atoms with van der Waals surface area (Å²) in [5, 5.41) is 7.02. The van der Waals surface area contributed by atoms with Crippen molar-refractivity contribution in [3.8, 4) is 0 Å². The van der Waals surface area contributed by atoms with Gasteiger partial charge in [0.15, 0.2) is 0 Å². The van der Waals surface area contributed by atoms with Crippen LogP contribution in [0.3, 0.4) is 0 Å². The van der Waals surface area contributed by atoms with Crippen LogP contribution in [-0.4, -0.2) is 6.04 Å². The molecule has 0 amide bonds. The molecule has 2 rings (SSSR count). The number of unbranched alkanes of at least 4 members (excludes halogenated alkanes) is 5. The zero-order valence-electron chi connectivity index (χ0n) is 15.2. The van der Waals surface area contributed by atoms with Crippen LogP contribution in [-0.2, 0) is 0 Å². The number of rotatable bonds is 11. The Morgan fingerprint density at radius 1 is 0.708 bits per heavy atom. The highest BCUT2D eigenvalue weighted by Crippen LogP contribution is 2.20. The van der Waals surface area contributed by atoms with E-state index in [9.17, 15) is 0 Å². The first-order valence-electron chi connectivity index (χ1n) is 9.46. The van der Waals surface area contributed by atoms with Crippen LogP contribution in [0, 0.1) is 0 Å². The molecule has 0 bridgehead atoms. The third kappa shape index (κ3) is 7.08. The van der Waals surface area contributed by atoms with Crippen molar-refractivity contribution in [2.45, 2.75) is 64.8 Å². The summed E-state index contributed by atoms with van der Waals surface area (Å²) in [6, 6.07) is 19.4. The predicted octanol–water partition coefficient (Wildman–Crippen LogP) is 6.98. The van der Waals surface area contributed by atoms with Gasteiger partial charge in [0.2, 0.25) is 0 Å². The second kappa shape index (κ2) is 10.7. The van der Waals surface area contributed by atoms with Gasteiger partial charge in [-0.3, -0.25) is 0 Å². The maximum atomic E-state index is 3.61. The number of hydrogen-bond acceptors (Lipinski definition) is 2. The molecule has 2 aromatic carbocycles. The Morgan fingerprint density at radius 3 is 2.00 bits per heavy atom. The fourth-order valence-electron chi connectivity index (χ4n) is 2.93. The lowest BCUT2D eigenvalue weighted by Crippen LogP contribution is -2.14. The maximum absolute atomic E-state index is 3.61. The minimum Gasteiger partial charge on any atom is -0.383 e. The molecule has 2 heteroatoms. The summed E-state index contributed by atoms with van der Waals surface area (Å²) in [4.78, 5) is 0. The van der Waals surface area contributed by atoms with Gasteiger partial charge in [0.05, 0.1) is 0 Å². The van der Waals surface area contributed by atoms with E-state index in [0.717, 1.165) is 11.4 Å². The number of benzene rings is 2. The van der Waals surface area contributed by atoms with E-state index >= 15 is 0 Å². The highest BCUT2D eigenvalue weighted by Gasteiger charge is 2.02. The minimum absolute atomic E-state index is 0.532. The molecule has 0 radical (unpaired) electrons. The fraction of sp³-hybridized carbons (Fsp3) is 0.455. The van der Waals surface area contributed by atoms with Crippen molar-refractivity contribution < 1.29 is 0 Å². The Hall–Kier alpha value is -1.96. The number of para-hydroxylation sites is 1. The van der Waals surface area contributed by atoms with Gasteiger partial charge in [-0.2, -0.15) is 0 Å². The summed E-state index contributed by atoms with van der Waals surface area (Å²) in [6.07, 6.45) is 9.44. The zero-order valence-corrected chi connectivity index (χ0v) is 15.2. The van der Waals surface area contributed by atoms with Gasteiger partial charge in [-0.25, -0.2) is 0 Å². The Kier molecular flexibility index (Phi) is 8.23. The molecule has 0 saturated heterocycles. The normalized spacial score (nSPS) is 11.9. The highest BCUT2D eigenvalue weighted by molar-refractivity contribution is 5.62. The molecule has 0 saturated carbocycles. The topological polar surface area (TPSA) is 24.1 Å². The molecule has 0 heterocycles. The highest BCUT2D eigenvalue weighted by atomic mass is 14.9. The molecule has 24 heavy (non-hydrogen) atoms. The summed E-state index contributed by atoms with van der Waals surface area (Å²) in [5.74, 6) is 0. The average Bonchev–Trinajstić information content (AvgIpc) is 2.61. The van der Waals surface area contributed by atoms with Crippen molar-refractivity contribution in [3.63, 3.8) is 0 Å². The maximum Gasteiger partial charge on any atom is 0.0385 e. The lowest BCUT2D eigenvalue weighted by molar-refractivity contribution is 0.567. The van der Waals surface area contributed by atoms with Gasteiger partial charge in [0, 0.05) is 23.1 Å². The molecular weight excluding hydrogens is 292 g/mol. The van der Waals surface area contributed by atoms with Crippen molar-refractivity contribution in [2.24, 2.45) is 0 Å². The third-order valence-corrected chi connectivity index (χ3v) is 4.35. The molecular formula is C22H32N2. The van der Waals surface area contributed by atoms with Gasteiger partial charge in [-0.1, -0.05) is 63.6 Å². The number of anilines is 3. The minimum atomic E-state index is 0.532. The molecule has 0 aliphatic heterocycles.